The Labute approximate surface area is 307 Å². The number of unbranched alkanes of at least 4 members (excludes halogenated alkanes) is 13. The number of aliphatic hydroxyl groups excluding tert-OH is 1. The van der Waals surface area contributed by atoms with Gasteiger partial charge in [-0.2, -0.15) is 0 Å². The van der Waals surface area contributed by atoms with E-state index in [1.165, 1.54) is 64.2 Å². The van der Waals surface area contributed by atoms with Crippen LogP contribution in [0.25, 0.3) is 0 Å². The number of aliphatic hydroxyl groups is 1. The number of nitrogens with one attached hydrogen (secondary N) is 1. The van der Waals surface area contributed by atoms with Crippen LogP contribution >= 0.6 is 7.82 Å². The molecule has 290 valence electrons. The Morgan fingerprint density at radius 1 is 0.720 bits per heavy atom. The molecule has 0 aromatic carbocycles. The van der Waals surface area contributed by atoms with Crippen molar-refractivity contribution in [3.63, 3.8) is 0 Å². The number of rotatable bonds is 34. The molecule has 1 amide bonds. The first-order valence-electron chi connectivity index (χ1n) is 19.7. The molecule has 2 N–H and O–H groups in total. The van der Waals surface area contributed by atoms with Crippen LogP contribution in [0.1, 0.15) is 142 Å². The monoisotopic (exact) mass is 723 g/mol. The molecule has 0 heterocycles. The lowest BCUT2D eigenvalue weighted by atomic mass is 10.0. The van der Waals surface area contributed by atoms with Crippen LogP contribution in [-0.4, -0.2) is 68.5 Å². The van der Waals surface area contributed by atoms with Crippen LogP contribution in [-0.2, 0) is 18.4 Å². The summed E-state index contributed by atoms with van der Waals surface area (Å²) in [5.41, 5.74) is 0. The van der Waals surface area contributed by atoms with Gasteiger partial charge in [-0.1, -0.05) is 145 Å². The van der Waals surface area contributed by atoms with E-state index in [4.69, 9.17) is 9.05 Å². The van der Waals surface area contributed by atoms with Crippen molar-refractivity contribution in [3.05, 3.63) is 60.8 Å². The zero-order valence-electron chi connectivity index (χ0n) is 32.6. The number of carbonyl (C=O) groups is 1. The second kappa shape index (κ2) is 33.1. The van der Waals surface area contributed by atoms with E-state index < -0.39 is 20.0 Å². The lowest BCUT2D eigenvalue weighted by Gasteiger charge is -2.29. The molecule has 0 aromatic rings. The maximum atomic E-state index is 12.6. The molecule has 0 aromatic heterocycles. The molecule has 50 heavy (non-hydrogen) atoms. The summed E-state index contributed by atoms with van der Waals surface area (Å²) in [6, 6.07) is -0.884. The average molecular weight is 723 g/mol. The fraction of sp³-hybridized carbons (Fsp3) is 0.732. The van der Waals surface area contributed by atoms with Crippen LogP contribution in [0, 0.1) is 0 Å². The molecule has 0 saturated heterocycles. The van der Waals surface area contributed by atoms with E-state index in [0.717, 1.165) is 57.8 Å². The minimum Gasteiger partial charge on any atom is -0.756 e. The van der Waals surface area contributed by atoms with Gasteiger partial charge < -0.3 is 28.8 Å². The summed E-state index contributed by atoms with van der Waals surface area (Å²) in [5.74, 6) is -0.216. The number of likely N-dealkylation sites (N-methyl/N-ethyl adjacent to an activating group) is 1. The summed E-state index contributed by atoms with van der Waals surface area (Å²) in [5, 5.41) is 13.4. The van der Waals surface area contributed by atoms with Gasteiger partial charge in [0.1, 0.15) is 13.2 Å². The van der Waals surface area contributed by atoms with Gasteiger partial charge in [-0.15, -0.1) is 0 Å². The molecule has 0 bridgehead atoms. The molecule has 3 atom stereocenters. The van der Waals surface area contributed by atoms with Crippen molar-refractivity contribution in [1.82, 2.24) is 5.32 Å². The summed E-state index contributed by atoms with van der Waals surface area (Å²) in [4.78, 5) is 24.9. The first-order valence-corrected chi connectivity index (χ1v) is 21.1. The summed E-state index contributed by atoms with van der Waals surface area (Å²) in [7, 11) is 1.24. The van der Waals surface area contributed by atoms with E-state index in [2.05, 4.69) is 60.8 Å². The molecule has 0 aliphatic carbocycles. The molecular weight excluding hydrogens is 647 g/mol. The van der Waals surface area contributed by atoms with Crippen LogP contribution < -0.4 is 10.2 Å². The molecule has 0 aliphatic heterocycles. The number of allylic oxidation sites excluding steroid dienone is 9. The fourth-order valence-electron chi connectivity index (χ4n) is 5.09. The maximum Gasteiger partial charge on any atom is 0.268 e. The van der Waals surface area contributed by atoms with Gasteiger partial charge in [0.15, 0.2) is 0 Å². The predicted octanol–water partition coefficient (Wildman–Crippen LogP) is 9.66. The van der Waals surface area contributed by atoms with Crippen molar-refractivity contribution in [2.45, 2.75) is 154 Å². The Morgan fingerprint density at radius 2 is 1.22 bits per heavy atom. The smallest absolute Gasteiger partial charge is 0.268 e. The summed E-state index contributed by atoms with van der Waals surface area (Å²) >= 11 is 0. The molecule has 0 saturated carbocycles. The third-order valence-electron chi connectivity index (χ3n) is 8.21. The number of carbonyl (C=O) groups excluding carboxylic acids is 1. The van der Waals surface area contributed by atoms with Crippen molar-refractivity contribution < 1.29 is 32.9 Å². The minimum absolute atomic E-state index is 0.00549. The highest BCUT2D eigenvalue weighted by Gasteiger charge is 2.23. The van der Waals surface area contributed by atoms with Gasteiger partial charge in [0.2, 0.25) is 5.91 Å². The summed E-state index contributed by atoms with van der Waals surface area (Å²) in [6.45, 7) is 4.28. The predicted molar refractivity (Wildman–Crippen MR) is 210 cm³/mol. The number of hydrogen-bond acceptors (Lipinski definition) is 6. The van der Waals surface area contributed by atoms with E-state index in [-0.39, 0.29) is 19.1 Å². The summed E-state index contributed by atoms with van der Waals surface area (Å²) < 4.78 is 22.8. The highest BCUT2D eigenvalue weighted by molar-refractivity contribution is 7.45. The normalized spacial score (nSPS) is 15.3. The van der Waals surface area contributed by atoms with E-state index in [0.29, 0.717) is 17.4 Å². The number of amides is 1. The fourth-order valence-corrected chi connectivity index (χ4v) is 5.81. The van der Waals surface area contributed by atoms with E-state index in [1.54, 1.807) is 6.08 Å². The number of nitrogens with zero attached hydrogens (tertiary/aromatic N) is 1. The van der Waals surface area contributed by atoms with Crippen LogP contribution in [0.15, 0.2) is 60.8 Å². The van der Waals surface area contributed by atoms with Crippen LogP contribution in [0.5, 0.6) is 0 Å². The molecule has 0 rings (SSSR count). The molecule has 9 heteroatoms. The highest BCUT2D eigenvalue weighted by atomic mass is 31.2. The number of quaternary nitrogens is 1. The van der Waals surface area contributed by atoms with Crippen LogP contribution in [0.3, 0.4) is 0 Å². The van der Waals surface area contributed by atoms with E-state index in [9.17, 15) is 19.4 Å². The van der Waals surface area contributed by atoms with Gasteiger partial charge in [-0.25, -0.2) is 0 Å². The van der Waals surface area contributed by atoms with E-state index in [1.807, 2.05) is 34.1 Å². The van der Waals surface area contributed by atoms with Gasteiger partial charge in [0, 0.05) is 6.42 Å². The van der Waals surface area contributed by atoms with Crippen LogP contribution in [0.4, 0.5) is 0 Å². The van der Waals surface area contributed by atoms with Crippen molar-refractivity contribution >= 4 is 13.7 Å². The molecule has 8 nitrogen and oxygen atoms in total. The van der Waals surface area contributed by atoms with E-state index >= 15 is 0 Å². The van der Waals surface area contributed by atoms with Crippen molar-refractivity contribution in [1.29, 1.82) is 0 Å². The molecule has 0 spiro atoms. The topological polar surface area (TPSA) is 108 Å². The number of hydrogen-bond donors (Lipinski definition) is 2. The Morgan fingerprint density at radius 3 is 1.74 bits per heavy atom. The largest absolute Gasteiger partial charge is 0.756 e. The highest BCUT2D eigenvalue weighted by Crippen LogP contribution is 2.38. The standard InChI is InChI=1S/C41H75N2O6P/c1-6-8-10-11-12-13-14-15-16-17-18-19-20-21-22-23-24-25-26-27-28-29-30-31-33-35-41(45)42-39(40(44)34-32-9-7-2)38-49-50(46,47)48-37-36-43(3,4)5/h8,10,12-13,15-16,18-19,32,34,39-40,44H,6-7,9,11,14,17,20-31,33,35-38H2,1-5H3,(H-,42,45,46,47)/b10-8-,13-12-,16-15-,19-18-,34-32+. The minimum atomic E-state index is -4.56. The van der Waals surface area contributed by atoms with Gasteiger partial charge in [0.05, 0.1) is 39.9 Å². The first-order chi connectivity index (χ1) is 24.0. The third-order valence-corrected chi connectivity index (χ3v) is 9.18. The second-order valence-corrected chi connectivity index (χ2v) is 15.7. The van der Waals surface area contributed by atoms with Gasteiger partial charge >= 0.3 is 0 Å². The SMILES string of the molecule is CC/C=C\C/C=C\C/C=C\C/C=C\CCCCCCCCCCCCCCC(=O)NC(COP(=O)([O-])OCC[N+](C)(C)C)C(O)/C=C/CCC. The third kappa shape index (κ3) is 34.6. The zero-order valence-corrected chi connectivity index (χ0v) is 33.5. The van der Waals surface area contributed by atoms with Gasteiger partial charge in [-0.05, 0) is 51.4 Å². The van der Waals surface area contributed by atoms with Crippen LogP contribution in [0.2, 0.25) is 0 Å². The van der Waals surface area contributed by atoms with Crippen molar-refractivity contribution in [2.24, 2.45) is 0 Å². The molecule has 3 unspecified atom stereocenters. The Hall–Kier alpha value is -1.80. The Bertz CT molecular complexity index is 1000. The molecule has 0 fully saturated rings. The number of phosphoric ester groups is 1. The lowest BCUT2D eigenvalue weighted by Crippen LogP contribution is -2.45. The van der Waals surface area contributed by atoms with Gasteiger partial charge in [-0.3, -0.25) is 9.36 Å². The molecule has 0 aliphatic rings. The zero-order chi connectivity index (χ0) is 37.2. The summed E-state index contributed by atoms with van der Waals surface area (Å²) in [6.07, 6.45) is 42.2. The second-order valence-electron chi connectivity index (χ2n) is 14.3. The van der Waals surface area contributed by atoms with Crippen molar-refractivity contribution in [2.75, 3.05) is 40.9 Å². The van der Waals surface area contributed by atoms with Crippen molar-refractivity contribution in [3.8, 4) is 0 Å². The maximum absolute atomic E-state index is 12.6. The lowest BCUT2D eigenvalue weighted by molar-refractivity contribution is -0.870. The molecule has 0 radical (unpaired) electrons. The average Bonchev–Trinajstić information content (AvgIpc) is 3.06. The quantitative estimate of drug-likeness (QED) is 0.0297. The Kier molecular flexibility index (Phi) is 31.9. The van der Waals surface area contributed by atoms with Gasteiger partial charge in [0.25, 0.3) is 7.82 Å². The Balaban J connectivity index is 3.96. The number of phosphoric acid groups is 1. The molecular formula is C41H75N2O6P. The first kappa shape index (κ1) is 48.2.